The number of fused-ring (bicyclic) bond motifs is 1. The normalized spacial score (nSPS) is 14.5. The fourth-order valence-corrected chi connectivity index (χ4v) is 3.21. The molecule has 2 N–H and O–H groups in total. The number of nitrogens with zero attached hydrogens (tertiary/aromatic N) is 5. The molecule has 0 radical (unpaired) electrons. The number of aryl methyl sites for hydroxylation is 1. The molecule has 0 spiro atoms. The second-order valence-electron chi connectivity index (χ2n) is 6.60. The van der Waals surface area contributed by atoms with E-state index in [1.54, 1.807) is 0 Å². The van der Waals surface area contributed by atoms with E-state index in [0.29, 0.717) is 0 Å². The van der Waals surface area contributed by atoms with E-state index >= 15 is 0 Å². The minimum Gasteiger partial charge on any atom is -0.399 e. The van der Waals surface area contributed by atoms with Gasteiger partial charge in [0.25, 0.3) is 0 Å². The molecule has 128 valence electrons. The average molecular weight is 334 g/mol. The maximum absolute atomic E-state index is 5.75. The molecule has 3 aromatic rings. The van der Waals surface area contributed by atoms with Gasteiger partial charge in [-0.15, -0.1) is 0 Å². The van der Waals surface area contributed by atoms with Crippen LogP contribution in [0.25, 0.3) is 11.4 Å². The van der Waals surface area contributed by atoms with Crippen molar-refractivity contribution in [3.05, 3.63) is 59.4 Å². The molecule has 3 heterocycles. The summed E-state index contributed by atoms with van der Waals surface area (Å²) in [7, 11) is 2.07. The van der Waals surface area contributed by atoms with Gasteiger partial charge < -0.3 is 10.3 Å². The number of imidazole rings is 1. The number of rotatable bonds is 3. The zero-order valence-electron chi connectivity index (χ0n) is 14.6. The maximum atomic E-state index is 5.75. The minimum atomic E-state index is 0.753. The van der Waals surface area contributed by atoms with Gasteiger partial charge in [-0.25, -0.2) is 15.0 Å². The lowest BCUT2D eigenvalue weighted by Crippen LogP contribution is -2.31. The Labute approximate surface area is 147 Å². The Balaban J connectivity index is 1.52. The summed E-state index contributed by atoms with van der Waals surface area (Å²) in [6.45, 7) is 4.80. The van der Waals surface area contributed by atoms with Crippen LogP contribution in [0, 0.1) is 6.92 Å². The van der Waals surface area contributed by atoms with E-state index in [0.717, 1.165) is 54.6 Å². The van der Waals surface area contributed by atoms with Crippen LogP contribution in [0.3, 0.4) is 0 Å². The molecule has 0 atom stereocenters. The topological polar surface area (TPSA) is 72.9 Å². The van der Waals surface area contributed by atoms with Gasteiger partial charge >= 0.3 is 0 Å². The molecule has 25 heavy (non-hydrogen) atoms. The van der Waals surface area contributed by atoms with Gasteiger partial charge in [0.2, 0.25) is 0 Å². The second-order valence-corrected chi connectivity index (χ2v) is 6.60. The van der Waals surface area contributed by atoms with Crippen molar-refractivity contribution in [3.8, 4) is 11.4 Å². The van der Waals surface area contributed by atoms with E-state index in [-0.39, 0.29) is 0 Å². The van der Waals surface area contributed by atoms with Crippen molar-refractivity contribution in [1.82, 2.24) is 24.4 Å². The van der Waals surface area contributed by atoms with Gasteiger partial charge in [0.05, 0.1) is 11.4 Å². The van der Waals surface area contributed by atoms with E-state index in [1.807, 2.05) is 43.6 Å². The molecular weight excluding hydrogens is 312 g/mol. The molecule has 0 fully saturated rings. The molecule has 0 amide bonds. The molecule has 6 nitrogen and oxygen atoms in total. The van der Waals surface area contributed by atoms with Gasteiger partial charge in [0.15, 0.2) is 5.82 Å². The highest BCUT2D eigenvalue weighted by Gasteiger charge is 2.20. The Kier molecular flexibility index (Phi) is 3.97. The number of nitrogens with two attached hydrogens (primary N) is 1. The first kappa shape index (κ1) is 15.8. The summed E-state index contributed by atoms with van der Waals surface area (Å²) in [6.07, 6.45) is 4.87. The maximum Gasteiger partial charge on any atom is 0.159 e. The molecule has 2 aromatic heterocycles. The molecule has 0 saturated carbocycles. The monoisotopic (exact) mass is 334 g/mol. The largest absolute Gasteiger partial charge is 0.399 e. The molecule has 0 saturated heterocycles. The number of benzene rings is 1. The molecule has 1 aliphatic rings. The second kappa shape index (κ2) is 6.29. The lowest BCUT2D eigenvalue weighted by atomic mass is 10.1. The third-order valence-corrected chi connectivity index (χ3v) is 4.88. The number of hydrogen-bond donors (Lipinski definition) is 1. The summed E-state index contributed by atoms with van der Waals surface area (Å²) in [5.74, 6) is 1.82. The van der Waals surface area contributed by atoms with Gasteiger partial charge in [-0.1, -0.05) is 0 Å². The first-order valence-electron chi connectivity index (χ1n) is 8.50. The lowest BCUT2D eigenvalue weighted by Gasteiger charge is -2.28. The highest BCUT2D eigenvalue weighted by molar-refractivity contribution is 5.58. The van der Waals surface area contributed by atoms with Crippen LogP contribution in [-0.2, 0) is 26.6 Å². The number of hydrogen-bond acceptors (Lipinski definition) is 5. The summed E-state index contributed by atoms with van der Waals surface area (Å²) in [5.41, 5.74) is 11.1. The third-order valence-electron chi connectivity index (χ3n) is 4.88. The molecule has 0 aliphatic carbocycles. The highest BCUT2D eigenvalue weighted by Crippen LogP contribution is 2.22. The molecule has 0 unspecified atom stereocenters. The predicted octanol–water partition coefficient (Wildman–Crippen LogP) is 2.33. The van der Waals surface area contributed by atoms with E-state index in [1.165, 1.54) is 11.3 Å². The lowest BCUT2D eigenvalue weighted by molar-refractivity contribution is 0.237. The standard InChI is InChI=1S/C19H22N6/c1-13-21-10-17(24(13)2)12-25-8-7-18-15(11-25)9-22-19(23-18)14-3-5-16(20)6-4-14/h3-6,9-10H,7-8,11-12,20H2,1-2H3. The van der Waals surface area contributed by atoms with Crippen molar-refractivity contribution in [3.63, 3.8) is 0 Å². The molecule has 1 aliphatic heterocycles. The van der Waals surface area contributed by atoms with Crippen LogP contribution < -0.4 is 5.73 Å². The Hall–Kier alpha value is -2.73. The van der Waals surface area contributed by atoms with Crippen molar-refractivity contribution in [2.24, 2.45) is 7.05 Å². The van der Waals surface area contributed by atoms with Crippen LogP contribution in [-0.4, -0.2) is 31.0 Å². The number of aromatic nitrogens is 4. The first-order valence-corrected chi connectivity index (χ1v) is 8.50. The van der Waals surface area contributed by atoms with Crippen molar-refractivity contribution in [2.45, 2.75) is 26.4 Å². The van der Waals surface area contributed by atoms with Crippen LogP contribution in [0.5, 0.6) is 0 Å². The Morgan fingerprint density at radius 3 is 2.64 bits per heavy atom. The van der Waals surface area contributed by atoms with Crippen LogP contribution >= 0.6 is 0 Å². The molecule has 1 aromatic carbocycles. The van der Waals surface area contributed by atoms with Gasteiger partial charge in [-0.05, 0) is 31.2 Å². The fourth-order valence-electron chi connectivity index (χ4n) is 3.21. The van der Waals surface area contributed by atoms with Crippen LogP contribution in [0.1, 0.15) is 22.8 Å². The molecular formula is C19H22N6. The average Bonchev–Trinajstić information content (AvgIpc) is 2.94. The molecule has 4 rings (SSSR count). The van der Waals surface area contributed by atoms with E-state index < -0.39 is 0 Å². The summed E-state index contributed by atoms with van der Waals surface area (Å²) in [4.78, 5) is 16.1. The Morgan fingerprint density at radius 2 is 1.92 bits per heavy atom. The predicted molar refractivity (Wildman–Crippen MR) is 97.6 cm³/mol. The van der Waals surface area contributed by atoms with E-state index in [9.17, 15) is 0 Å². The van der Waals surface area contributed by atoms with E-state index in [4.69, 9.17) is 10.7 Å². The molecule has 6 heteroatoms. The fraction of sp³-hybridized carbons (Fsp3) is 0.316. The van der Waals surface area contributed by atoms with Crippen LogP contribution in [0.15, 0.2) is 36.7 Å². The highest BCUT2D eigenvalue weighted by atomic mass is 15.2. The number of anilines is 1. The summed E-state index contributed by atoms with van der Waals surface area (Å²) in [5, 5.41) is 0. The van der Waals surface area contributed by atoms with Crippen molar-refractivity contribution < 1.29 is 0 Å². The number of nitrogen functional groups attached to an aromatic ring is 1. The zero-order valence-corrected chi connectivity index (χ0v) is 14.6. The van der Waals surface area contributed by atoms with Crippen LogP contribution in [0.2, 0.25) is 0 Å². The van der Waals surface area contributed by atoms with Gasteiger partial charge in [0.1, 0.15) is 5.82 Å². The van der Waals surface area contributed by atoms with E-state index in [2.05, 4.69) is 26.5 Å². The Bertz CT molecular complexity index is 897. The van der Waals surface area contributed by atoms with Crippen molar-refractivity contribution in [2.75, 3.05) is 12.3 Å². The van der Waals surface area contributed by atoms with Gasteiger partial charge in [-0.2, -0.15) is 0 Å². The summed E-state index contributed by atoms with van der Waals surface area (Å²) >= 11 is 0. The summed E-state index contributed by atoms with van der Waals surface area (Å²) in [6, 6.07) is 7.71. The quantitative estimate of drug-likeness (QED) is 0.744. The van der Waals surface area contributed by atoms with Gasteiger partial charge in [-0.3, -0.25) is 4.90 Å². The zero-order chi connectivity index (χ0) is 17.4. The van der Waals surface area contributed by atoms with Crippen molar-refractivity contribution in [1.29, 1.82) is 0 Å². The van der Waals surface area contributed by atoms with Crippen molar-refractivity contribution >= 4 is 5.69 Å². The molecule has 0 bridgehead atoms. The smallest absolute Gasteiger partial charge is 0.159 e. The SMILES string of the molecule is Cc1ncc(CN2CCc3nc(-c4ccc(N)cc4)ncc3C2)n1C. The summed E-state index contributed by atoms with van der Waals surface area (Å²) < 4.78 is 2.15. The minimum absolute atomic E-state index is 0.753. The Morgan fingerprint density at radius 1 is 1.12 bits per heavy atom. The van der Waals surface area contributed by atoms with Crippen LogP contribution in [0.4, 0.5) is 5.69 Å². The van der Waals surface area contributed by atoms with Gasteiger partial charge in [0, 0.05) is 62.3 Å². The third kappa shape index (κ3) is 3.13. The first-order chi connectivity index (χ1) is 12.1.